The number of aliphatic carboxylic acids is 4. The number of methoxy groups -OCH3 is 1. The number of ketones is 3. The molecule has 37 nitrogen and oxygen atoms in total. The zero-order chi connectivity index (χ0) is 72.3. The zero-order valence-corrected chi connectivity index (χ0v) is 55.6. The molecular weight excluding hydrogens is 1330 g/mol. The number of amides is 5. The van der Waals surface area contributed by atoms with Crippen LogP contribution in [0.2, 0.25) is 0 Å². The standard InChI is InChI=1S/C59H78N18O19S2/c1-25-40(44(84)39-29(23-96-56(63)94)59(95-6)45-34(68-45)22-77(59)42(39)43(25)83)76-57(2,3)15-17-97-98-24-35(53(92)93)72-49(87)32(18-37(79)80)71-48(86)30(8-7-16-64-54(60)61)69-50(88)33(19-38(81)82)75-58(4,5)36(78)14-13-31(52(90)91)70-47(85)26-9-11-27(12-10-26)65-20-28-21-66-46-41(67-28)51(89)74-55(62)73-46/h9-12,21,29-35,45,65,68,75-76H,7-8,13-20,22-24H2,1-6H3,(H2,63,94)(H,69,88)(H,70,85)(H,71,86)(H,72,87)(H,79,80)(H,81,82)(H,90,91)(H,92,93)(H4,60,61,64)(H3,62,66,73,74,89)/t29-,30+,31+,32+,33+,34+,35+,45+,59-/m1/s1. The van der Waals surface area contributed by atoms with Gasteiger partial charge in [0.1, 0.15) is 30.8 Å². The normalized spacial score (nSPS) is 19.3. The minimum Gasteiger partial charge on any atom is -0.481 e. The second kappa shape index (κ2) is 31.9. The molecule has 98 heavy (non-hydrogen) atoms. The molecule has 2 saturated heterocycles. The summed E-state index contributed by atoms with van der Waals surface area (Å²) in [6.07, 6.45) is -2.86. The van der Waals surface area contributed by atoms with Crippen molar-refractivity contribution in [2.45, 2.75) is 145 Å². The Labute approximate surface area is 565 Å². The van der Waals surface area contributed by atoms with Crippen LogP contribution in [0, 0.1) is 11.3 Å². The summed E-state index contributed by atoms with van der Waals surface area (Å²) in [4.78, 5) is 187. The fourth-order valence-corrected chi connectivity index (χ4v) is 13.9. The first-order valence-electron chi connectivity index (χ1n) is 30.5. The van der Waals surface area contributed by atoms with Gasteiger partial charge in [-0.05, 0) is 84.6 Å². The van der Waals surface area contributed by atoms with E-state index < -0.39 is 161 Å². The number of carbonyl (C=O) groups is 12. The number of Topliss-reactive ketones (excluding diaryl/α,β-unsaturated/α-hetero) is 3. The number of H-pyrrole nitrogens is 1. The third-order valence-corrected chi connectivity index (χ3v) is 19.0. The lowest BCUT2D eigenvalue weighted by Gasteiger charge is -2.39. The van der Waals surface area contributed by atoms with Gasteiger partial charge in [0.2, 0.25) is 35.2 Å². The minimum absolute atomic E-state index is 0.0148. The average Bonchev–Trinajstić information content (AvgIpc) is 1.50. The van der Waals surface area contributed by atoms with Gasteiger partial charge in [0.15, 0.2) is 28.6 Å². The number of hydrogen-bond donors (Lipinski definition) is 18. The number of carboxylic acids is 4. The topological polar surface area (TPSA) is 599 Å². The number of aromatic amines is 1. The molecule has 9 atom stereocenters. The lowest BCUT2D eigenvalue weighted by atomic mass is 9.82. The van der Waals surface area contributed by atoms with Gasteiger partial charge in [0, 0.05) is 72.1 Å². The molecule has 4 aliphatic rings. The summed E-state index contributed by atoms with van der Waals surface area (Å²) in [5.74, 6) is -13.8. The lowest BCUT2D eigenvalue weighted by Crippen LogP contribution is -2.61. The quantitative estimate of drug-likeness (QED) is 0.00702. The largest absolute Gasteiger partial charge is 0.481 e. The number of piperazine rings is 1. The number of carboxylic acid groups (broad SMARTS) is 4. The van der Waals surface area contributed by atoms with Crippen molar-refractivity contribution >= 4 is 121 Å². The van der Waals surface area contributed by atoms with Crippen LogP contribution in [0.1, 0.15) is 95.6 Å². The Kier molecular flexibility index (Phi) is 24.6. The fraction of sp³-hybridized carbons (Fsp3) is 0.508. The van der Waals surface area contributed by atoms with E-state index in [-0.39, 0.29) is 95.6 Å². The van der Waals surface area contributed by atoms with Crippen molar-refractivity contribution in [3.05, 3.63) is 74.6 Å². The summed E-state index contributed by atoms with van der Waals surface area (Å²) in [6, 6.07) is -3.23. The highest BCUT2D eigenvalue weighted by Crippen LogP contribution is 2.56. The Morgan fingerprint density at radius 2 is 1.46 bits per heavy atom. The number of rotatable bonds is 38. The molecule has 0 spiro atoms. The molecule has 3 aliphatic heterocycles. The van der Waals surface area contributed by atoms with Gasteiger partial charge in [0.25, 0.3) is 11.5 Å². The first kappa shape index (κ1) is 75.4. The van der Waals surface area contributed by atoms with Gasteiger partial charge in [-0.25, -0.2) is 24.4 Å². The second-order valence-electron chi connectivity index (χ2n) is 24.5. The number of hydrogen-bond acceptors (Lipinski definition) is 27. The predicted molar refractivity (Wildman–Crippen MR) is 350 cm³/mol. The monoisotopic (exact) mass is 1410 g/mol. The Bertz CT molecular complexity index is 3810. The zero-order valence-electron chi connectivity index (χ0n) is 53.9. The molecule has 39 heteroatoms. The molecule has 5 amide bonds. The third-order valence-electron chi connectivity index (χ3n) is 16.6. The number of ether oxygens (including phenoxy) is 2. The molecule has 2 fully saturated rings. The number of nitrogen functional groups attached to an aromatic ring is 1. The van der Waals surface area contributed by atoms with Gasteiger partial charge < -0.3 is 94.5 Å². The van der Waals surface area contributed by atoms with Gasteiger partial charge in [-0.1, -0.05) is 21.6 Å². The molecule has 1 aromatic carbocycles. The van der Waals surface area contributed by atoms with Gasteiger partial charge >= 0.3 is 30.0 Å². The van der Waals surface area contributed by atoms with Gasteiger partial charge in [-0.3, -0.25) is 63.7 Å². The van der Waals surface area contributed by atoms with E-state index in [0.717, 1.165) is 10.8 Å². The Hall–Kier alpha value is -9.99. The molecule has 7 rings (SSSR count). The van der Waals surface area contributed by atoms with Crippen molar-refractivity contribution in [3.63, 3.8) is 0 Å². The van der Waals surface area contributed by atoms with Crippen LogP contribution in [0.25, 0.3) is 11.2 Å². The molecular formula is C59H78N18O19S2. The third kappa shape index (κ3) is 18.6. The number of primary amides is 1. The van der Waals surface area contributed by atoms with E-state index in [1.807, 2.05) is 0 Å². The molecule has 5 heterocycles. The van der Waals surface area contributed by atoms with Crippen molar-refractivity contribution in [1.29, 1.82) is 5.41 Å². The van der Waals surface area contributed by atoms with Crippen LogP contribution in [-0.2, 0) is 64.0 Å². The van der Waals surface area contributed by atoms with Crippen molar-refractivity contribution < 1.29 is 87.4 Å². The Morgan fingerprint density at radius 1 is 0.827 bits per heavy atom. The van der Waals surface area contributed by atoms with E-state index >= 15 is 0 Å². The van der Waals surface area contributed by atoms with Crippen LogP contribution >= 0.6 is 21.6 Å². The van der Waals surface area contributed by atoms with Crippen LogP contribution < -0.4 is 70.6 Å². The summed E-state index contributed by atoms with van der Waals surface area (Å²) < 4.78 is 11.2. The molecule has 0 unspecified atom stereocenters. The smallest absolute Gasteiger partial charge is 0.404 e. The molecule has 2 aromatic heterocycles. The van der Waals surface area contributed by atoms with Crippen LogP contribution in [0.4, 0.5) is 16.4 Å². The molecule has 1 aliphatic carbocycles. The minimum atomic E-state index is -1.97. The van der Waals surface area contributed by atoms with E-state index in [1.54, 1.807) is 18.7 Å². The van der Waals surface area contributed by atoms with E-state index in [4.69, 9.17) is 32.1 Å². The molecule has 0 saturated carbocycles. The van der Waals surface area contributed by atoms with E-state index in [1.165, 1.54) is 69.1 Å². The highest BCUT2D eigenvalue weighted by molar-refractivity contribution is 8.76. The number of nitrogens with two attached hydrogens (primary N) is 3. The number of carbonyl (C=O) groups excluding carboxylic acids is 8. The molecule has 530 valence electrons. The number of allylic oxidation sites excluding steroid dienone is 2. The highest BCUT2D eigenvalue weighted by atomic mass is 33.1. The maximum Gasteiger partial charge on any atom is 0.404 e. The van der Waals surface area contributed by atoms with Crippen molar-refractivity contribution in [1.82, 2.24) is 67.4 Å². The van der Waals surface area contributed by atoms with Crippen molar-refractivity contribution in [3.8, 4) is 0 Å². The van der Waals surface area contributed by atoms with Crippen molar-refractivity contribution in [2.24, 2.45) is 17.4 Å². The maximum absolute atomic E-state index is 14.4. The summed E-state index contributed by atoms with van der Waals surface area (Å²) in [7, 11) is 3.65. The maximum atomic E-state index is 14.4. The molecule has 0 bridgehead atoms. The number of anilines is 2. The average molecular weight is 1410 g/mol. The van der Waals surface area contributed by atoms with Crippen LogP contribution in [0.15, 0.2) is 57.8 Å². The first-order chi connectivity index (χ1) is 46.1. The number of fused-ring (bicyclic) bond motifs is 5. The lowest BCUT2D eigenvalue weighted by molar-refractivity contribution is -0.143. The Morgan fingerprint density at radius 3 is 2.09 bits per heavy atom. The summed E-state index contributed by atoms with van der Waals surface area (Å²) in [5.41, 5.74) is 13.2. The fourth-order valence-electron chi connectivity index (χ4n) is 11.5. The van der Waals surface area contributed by atoms with Gasteiger partial charge in [0.05, 0.1) is 66.2 Å². The SMILES string of the molecule is CO[C@@]12[C@H](COC(N)=O)C3=C(C(=O)C(C)=C(NC(C)(C)CCSSC[C@H](NC(=O)[C@H](CC(=O)O)NC(=O)[C@H](CCCNC(=N)N)NC(=O)[C@H](CC(=O)O)NC(C)(C)C(=O)CC[C@H](NC(=O)c4ccc(NCc5cnc6nc(N)[nH]c(=O)c6n5)cc4)C(=O)O)C(=O)O)C3=O)N1C[C@@H]1N[C@@H]12. The van der Waals surface area contributed by atoms with E-state index in [9.17, 15) is 82.8 Å². The summed E-state index contributed by atoms with van der Waals surface area (Å²) in [6.45, 7) is 7.68. The van der Waals surface area contributed by atoms with Crippen molar-refractivity contribution in [2.75, 3.05) is 49.4 Å². The molecule has 21 N–H and O–H groups in total. The summed E-state index contributed by atoms with van der Waals surface area (Å²) in [5, 5.41) is 71.4. The predicted octanol–water partition coefficient (Wildman–Crippen LogP) is -2.53. The van der Waals surface area contributed by atoms with Gasteiger partial charge in [-0.2, -0.15) is 4.98 Å². The molecule has 3 aromatic rings. The van der Waals surface area contributed by atoms with Crippen LogP contribution in [0.5, 0.6) is 0 Å². The summed E-state index contributed by atoms with van der Waals surface area (Å²) >= 11 is 0. The number of guanidine groups is 1. The second-order valence-corrected chi connectivity index (χ2v) is 27.2. The number of aromatic nitrogens is 4. The van der Waals surface area contributed by atoms with Crippen LogP contribution in [-0.4, -0.2) is 220 Å². The van der Waals surface area contributed by atoms with E-state index in [2.05, 4.69) is 67.8 Å². The highest BCUT2D eigenvalue weighted by Gasteiger charge is 2.73. The van der Waals surface area contributed by atoms with E-state index in [0.29, 0.717) is 30.1 Å². The molecule has 0 radical (unpaired) electrons. The van der Waals surface area contributed by atoms with Gasteiger partial charge in [-0.15, -0.1) is 0 Å². The Balaban J connectivity index is 0.922. The first-order valence-corrected chi connectivity index (χ1v) is 33.0. The number of benzene rings is 1. The van der Waals surface area contributed by atoms with Crippen LogP contribution in [0.3, 0.4) is 0 Å². The number of nitrogens with zero attached hydrogens (tertiary/aromatic N) is 4. The number of nitrogens with one attached hydrogen (secondary N) is 11.